The monoisotopic (exact) mass is 271 g/mol. The molecule has 2 fully saturated rings. The lowest BCUT2D eigenvalue weighted by molar-refractivity contribution is 0.264. The molecule has 0 saturated heterocycles. The van der Waals surface area contributed by atoms with E-state index in [0.717, 1.165) is 12.0 Å². The number of benzene rings is 1. The van der Waals surface area contributed by atoms with E-state index in [9.17, 15) is 0 Å². The molecule has 1 heteroatoms. The van der Waals surface area contributed by atoms with Crippen molar-refractivity contribution in [3.05, 3.63) is 35.9 Å². The van der Waals surface area contributed by atoms with E-state index in [0.29, 0.717) is 5.41 Å². The maximum absolute atomic E-state index is 3.88. The van der Waals surface area contributed by atoms with Crippen molar-refractivity contribution in [2.45, 2.75) is 70.3 Å². The molecule has 0 spiro atoms. The van der Waals surface area contributed by atoms with Crippen LogP contribution in [0.3, 0.4) is 0 Å². The van der Waals surface area contributed by atoms with Crippen molar-refractivity contribution in [1.29, 1.82) is 0 Å². The summed E-state index contributed by atoms with van der Waals surface area (Å²) in [6.45, 7) is 3.72. The standard InChI is InChI=1S/C19H29N/c1-19(13-5-6-14-19)15-20-18-11-9-17(10-12-18)16-7-3-2-4-8-16/h2-4,7-8,17-18,20H,5-6,9-15H2,1H3. The molecule has 2 saturated carbocycles. The highest BCUT2D eigenvalue weighted by atomic mass is 14.9. The van der Waals surface area contributed by atoms with Crippen LogP contribution in [0.1, 0.15) is 69.8 Å². The summed E-state index contributed by atoms with van der Waals surface area (Å²) in [7, 11) is 0. The molecule has 0 aromatic heterocycles. The van der Waals surface area contributed by atoms with Crippen molar-refractivity contribution >= 4 is 0 Å². The Morgan fingerprint density at radius 3 is 2.30 bits per heavy atom. The Labute approximate surface area is 124 Å². The average Bonchev–Trinajstić information content (AvgIpc) is 2.94. The van der Waals surface area contributed by atoms with E-state index >= 15 is 0 Å². The van der Waals surface area contributed by atoms with E-state index < -0.39 is 0 Å². The lowest BCUT2D eigenvalue weighted by Gasteiger charge is -2.33. The van der Waals surface area contributed by atoms with Crippen LogP contribution in [0.2, 0.25) is 0 Å². The van der Waals surface area contributed by atoms with Gasteiger partial charge in [0.15, 0.2) is 0 Å². The van der Waals surface area contributed by atoms with Gasteiger partial charge in [-0.3, -0.25) is 0 Å². The summed E-state index contributed by atoms with van der Waals surface area (Å²) < 4.78 is 0. The zero-order valence-electron chi connectivity index (χ0n) is 12.9. The topological polar surface area (TPSA) is 12.0 Å². The van der Waals surface area contributed by atoms with E-state index in [2.05, 4.69) is 42.6 Å². The van der Waals surface area contributed by atoms with Crippen LogP contribution in [0.5, 0.6) is 0 Å². The van der Waals surface area contributed by atoms with E-state index in [-0.39, 0.29) is 0 Å². The Morgan fingerprint density at radius 2 is 1.65 bits per heavy atom. The highest BCUT2D eigenvalue weighted by molar-refractivity contribution is 5.20. The Bertz CT molecular complexity index is 397. The summed E-state index contributed by atoms with van der Waals surface area (Å²) in [5.41, 5.74) is 2.14. The fraction of sp³-hybridized carbons (Fsp3) is 0.684. The fourth-order valence-electron chi connectivity index (χ4n) is 4.15. The second kappa shape index (κ2) is 6.30. The van der Waals surface area contributed by atoms with E-state index in [4.69, 9.17) is 0 Å². The molecule has 0 atom stereocenters. The largest absolute Gasteiger partial charge is 0.313 e. The second-order valence-electron chi connectivity index (χ2n) is 7.36. The summed E-state index contributed by atoms with van der Waals surface area (Å²) in [6, 6.07) is 11.9. The maximum atomic E-state index is 3.88. The quantitative estimate of drug-likeness (QED) is 0.822. The van der Waals surface area contributed by atoms with Crippen LogP contribution in [0.4, 0.5) is 0 Å². The molecule has 1 N–H and O–H groups in total. The van der Waals surface area contributed by atoms with Gasteiger partial charge in [-0.1, -0.05) is 50.1 Å². The van der Waals surface area contributed by atoms with E-state index in [1.165, 1.54) is 57.9 Å². The molecular weight excluding hydrogens is 242 g/mol. The van der Waals surface area contributed by atoms with E-state index in [1.54, 1.807) is 5.56 Å². The molecule has 3 rings (SSSR count). The third kappa shape index (κ3) is 3.44. The van der Waals surface area contributed by atoms with Gasteiger partial charge in [0.05, 0.1) is 0 Å². The molecule has 0 aliphatic heterocycles. The first-order valence-electron chi connectivity index (χ1n) is 8.54. The molecule has 1 aromatic carbocycles. The van der Waals surface area contributed by atoms with Crippen LogP contribution in [-0.2, 0) is 0 Å². The molecule has 0 radical (unpaired) electrons. The van der Waals surface area contributed by atoms with Gasteiger partial charge >= 0.3 is 0 Å². The van der Waals surface area contributed by atoms with Gasteiger partial charge in [0.2, 0.25) is 0 Å². The molecule has 20 heavy (non-hydrogen) atoms. The summed E-state index contributed by atoms with van der Waals surface area (Å²) >= 11 is 0. The van der Waals surface area contributed by atoms with E-state index in [1.807, 2.05) is 0 Å². The smallest absolute Gasteiger partial charge is 0.00677 e. The van der Waals surface area contributed by atoms with Crippen LogP contribution >= 0.6 is 0 Å². The predicted octanol–water partition coefficient (Wildman–Crippen LogP) is 4.88. The van der Waals surface area contributed by atoms with Gasteiger partial charge in [-0.25, -0.2) is 0 Å². The van der Waals surface area contributed by atoms with Gasteiger partial charge in [-0.15, -0.1) is 0 Å². The summed E-state index contributed by atoms with van der Waals surface area (Å²) in [6.07, 6.45) is 11.2. The summed E-state index contributed by atoms with van der Waals surface area (Å²) in [5, 5.41) is 3.88. The first-order chi connectivity index (χ1) is 9.75. The van der Waals surface area contributed by atoms with Crippen LogP contribution < -0.4 is 5.32 Å². The first kappa shape index (κ1) is 14.1. The average molecular weight is 271 g/mol. The third-order valence-electron chi connectivity index (χ3n) is 5.63. The Morgan fingerprint density at radius 1 is 1.00 bits per heavy atom. The molecule has 0 unspecified atom stereocenters. The molecule has 2 aliphatic carbocycles. The van der Waals surface area contributed by atoms with Gasteiger partial charge in [0.1, 0.15) is 0 Å². The second-order valence-corrected chi connectivity index (χ2v) is 7.36. The zero-order chi connectivity index (χ0) is 13.8. The molecule has 2 aliphatic rings. The van der Waals surface area contributed by atoms with Gasteiger partial charge in [-0.05, 0) is 55.4 Å². The van der Waals surface area contributed by atoms with Gasteiger partial charge < -0.3 is 5.32 Å². The van der Waals surface area contributed by atoms with Crippen LogP contribution in [0.25, 0.3) is 0 Å². The molecule has 0 bridgehead atoms. The summed E-state index contributed by atoms with van der Waals surface area (Å²) in [4.78, 5) is 0. The SMILES string of the molecule is CC1(CNC2CCC(c3ccccc3)CC2)CCCC1. The maximum Gasteiger partial charge on any atom is 0.00677 e. The molecule has 0 heterocycles. The number of rotatable bonds is 4. The minimum atomic E-state index is 0.594. The van der Waals surface area contributed by atoms with Crippen molar-refractivity contribution in [3.63, 3.8) is 0 Å². The number of hydrogen-bond acceptors (Lipinski definition) is 1. The number of nitrogens with one attached hydrogen (secondary N) is 1. The lowest BCUT2D eigenvalue weighted by atomic mass is 9.81. The van der Waals surface area contributed by atoms with Crippen molar-refractivity contribution in [1.82, 2.24) is 5.32 Å². The Kier molecular flexibility index (Phi) is 4.45. The lowest BCUT2D eigenvalue weighted by Crippen LogP contribution is -2.39. The van der Waals surface area contributed by atoms with Crippen molar-refractivity contribution in [2.24, 2.45) is 5.41 Å². The highest BCUT2D eigenvalue weighted by Gasteiger charge is 2.30. The normalized spacial score (nSPS) is 29.4. The zero-order valence-corrected chi connectivity index (χ0v) is 12.9. The van der Waals surface area contributed by atoms with Gasteiger partial charge in [-0.2, -0.15) is 0 Å². The van der Waals surface area contributed by atoms with Crippen LogP contribution in [0, 0.1) is 5.41 Å². The molecule has 0 amide bonds. The van der Waals surface area contributed by atoms with Crippen LogP contribution in [0.15, 0.2) is 30.3 Å². The highest BCUT2D eigenvalue weighted by Crippen LogP contribution is 2.38. The Hall–Kier alpha value is -0.820. The summed E-state index contributed by atoms with van der Waals surface area (Å²) in [5.74, 6) is 0.802. The van der Waals surface area contributed by atoms with Gasteiger partial charge in [0.25, 0.3) is 0 Å². The van der Waals surface area contributed by atoms with Crippen LogP contribution in [-0.4, -0.2) is 12.6 Å². The number of hydrogen-bond donors (Lipinski definition) is 1. The Balaban J connectivity index is 1.44. The molecule has 110 valence electrons. The molecule has 1 nitrogen and oxygen atoms in total. The third-order valence-corrected chi connectivity index (χ3v) is 5.63. The van der Waals surface area contributed by atoms with Crippen molar-refractivity contribution in [2.75, 3.05) is 6.54 Å². The first-order valence-corrected chi connectivity index (χ1v) is 8.54. The van der Waals surface area contributed by atoms with Gasteiger partial charge in [0, 0.05) is 12.6 Å². The fourth-order valence-corrected chi connectivity index (χ4v) is 4.15. The van der Waals surface area contributed by atoms with Crippen molar-refractivity contribution in [3.8, 4) is 0 Å². The minimum absolute atomic E-state index is 0.594. The minimum Gasteiger partial charge on any atom is -0.313 e. The van der Waals surface area contributed by atoms with Crippen molar-refractivity contribution < 1.29 is 0 Å². The predicted molar refractivity (Wildman–Crippen MR) is 86.0 cm³/mol. The molecular formula is C19H29N. The molecule has 1 aromatic rings.